The molecule has 1 unspecified atom stereocenters. The van der Waals surface area contributed by atoms with Crippen molar-refractivity contribution in [3.63, 3.8) is 0 Å². The number of ether oxygens (including phenoxy) is 2. The van der Waals surface area contributed by atoms with Gasteiger partial charge in [-0.25, -0.2) is 9.79 Å². The molecule has 1 aliphatic heterocycles. The predicted molar refractivity (Wildman–Crippen MR) is 134 cm³/mol. The minimum Gasteiger partial charge on any atom is -0.504 e. The molecule has 1 atom stereocenters. The average molecular weight is 564 g/mol. The van der Waals surface area contributed by atoms with E-state index in [2.05, 4.69) is 20.9 Å². The zero-order chi connectivity index (χ0) is 24.6. The third-order valence-electron chi connectivity index (χ3n) is 5.29. The summed E-state index contributed by atoms with van der Waals surface area (Å²) in [4.78, 5) is 31.5. The van der Waals surface area contributed by atoms with Crippen LogP contribution < -0.4 is 19.6 Å². The molecule has 0 saturated heterocycles. The molecule has 0 saturated carbocycles. The molecular weight excluding hydrogens is 544 g/mol. The number of carbonyl (C=O) groups is 1. The molecule has 0 spiro atoms. The van der Waals surface area contributed by atoms with Crippen LogP contribution in [0.1, 0.15) is 31.0 Å². The van der Waals surface area contributed by atoms with Gasteiger partial charge in [-0.2, -0.15) is 0 Å². The molecule has 10 heteroatoms. The second kappa shape index (κ2) is 9.77. The molecule has 4 rings (SSSR count). The fourth-order valence-electron chi connectivity index (χ4n) is 3.73. The largest absolute Gasteiger partial charge is 0.504 e. The summed E-state index contributed by atoms with van der Waals surface area (Å²) in [6.07, 6.45) is 1.69. The van der Waals surface area contributed by atoms with Crippen molar-refractivity contribution in [2.45, 2.75) is 19.9 Å². The Balaban J connectivity index is 1.96. The average Bonchev–Trinajstić information content (AvgIpc) is 3.10. The Morgan fingerprint density at radius 1 is 1.32 bits per heavy atom. The van der Waals surface area contributed by atoms with E-state index in [-0.39, 0.29) is 23.7 Å². The van der Waals surface area contributed by atoms with E-state index < -0.39 is 12.0 Å². The van der Waals surface area contributed by atoms with Crippen LogP contribution in [0.3, 0.4) is 0 Å². The van der Waals surface area contributed by atoms with E-state index in [9.17, 15) is 14.7 Å². The van der Waals surface area contributed by atoms with Gasteiger partial charge in [0.15, 0.2) is 16.3 Å². The molecule has 176 valence electrons. The molecule has 1 aliphatic rings. The molecule has 3 aromatic rings. The van der Waals surface area contributed by atoms with Crippen molar-refractivity contribution in [3.05, 3.63) is 88.0 Å². The maximum atomic E-state index is 13.6. The number of carbonyl (C=O) groups excluding carboxylic acids is 1. The topological polar surface area (TPSA) is 90.1 Å². The molecule has 7 nitrogen and oxygen atoms in total. The first-order valence-electron chi connectivity index (χ1n) is 10.3. The molecule has 1 N–H and O–H groups in total. The van der Waals surface area contributed by atoms with Gasteiger partial charge < -0.3 is 14.6 Å². The van der Waals surface area contributed by atoms with Crippen LogP contribution >= 0.6 is 38.9 Å². The fourth-order valence-corrected chi connectivity index (χ4v) is 5.34. The van der Waals surface area contributed by atoms with Gasteiger partial charge in [0.05, 0.1) is 35.6 Å². The molecule has 0 amide bonds. The quantitative estimate of drug-likeness (QED) is 0.475. The van der Waals surface area contributed by atoms with E-state index in [1.165, 1.54) is 29.1 Å². The van der Waals surface area contributed by atoms with E-state index in [0.717, 1.165) is 0 Å². The zero-order valence-electron chi connectivity index (χ0n) is 18.5. The Morgan fingerprint density at radius 3 is 2.68 bits per heavy atom. The summed E-state index contributed by atoms with van der Waals surface area (Å²) < 4.78 is 13.0. The summed E-state index contributed by atoms with van der Waals surface area (Å²) >= 11 is 10.7. The van der Waals surface area contributed by atoms with Crippen molar-refractivity contribution in [1.82, 2.24) is 4.57 Å². The highest BCUT2D eigenvalue weighted by atomic mass is 79.9. The molecule has 2 heterocycles. The number of esters is 1. The molecule has 34 heavy (non-hydrogen) atoms. The van der Waals surface area contributed by atoms with Crippen LogP contribution in [0.15, 0.2) is 61.9 Å². The second-order valence-corrected chi connectivity index (χ2v) is 9.70. The Bertz CT molecular complexity index is 1490. The van der Waals surface area contributed by atoms with Crippen LogP contribution in [0.5, 0.6) is 11.5 Å². The van der Waals surface area contributed by atoms with Crippen molar-refractivity contribution in [2.75, 3.05) is 13.7 Å². The molecule has 2 aromatic carbocycles. The smallest absolute Gasteiger partial charge is 0.338 e. The molecule has 1 aromatic heterocycles. The lowest BCUT2D eigenvalue weighted by Gasteiger charge is -2.24. The number of phenols is 1. The van der Waals surface area contributed by atoms with Crippen LogP contribution in [0.2, 0.25) is 5.02 Å². The number of hydrogen-bond acceptors (Lipinski definition) is 7. The Hall–Kier alpha value is -2.88. The van der Waals surface area contributed by atoms with Crippen LogP contribution in [-0.4, -0.2) is 29.4 Å². The van der Waals surface area contributed by atoms with Crippen LogP contribution in [0.25, 0.3) is 6.08 Å². The first-order chi connectivity index (χ1) is 16.2. The lowest BCUT2D eigenvalue weighted by atomic mass is 9.96. The van der Waals surface area contributed by atoms with Crippen LogP contribution in [0.4, 0.5) is 0 Å². The van der Waals surface area contributed by atoms with E-state index >= 15 is 0 Å². The number of phenolic OH excluding ortho intramolecular Hbond substituents is 1. The third kappa shape index (κ3) is 4.43. The fraction of sp³-hybridized carbons (Fsp3) is 0.208. The van der Waals surface area contributed by atoms with E-state index in [0.29, 0.717) is 41.2 Å². The van der Waals surface area contributed by atoms with E-state index in [1.807, 2.05) is 0 Å². The highest BCUT2D eigenvalue weighted by Crippen LogP contribution is 2.33. The van der Waals surface area contributed by atoms with Gasteiger partial charge in [0, 0.05) is 9.50 Å². The number of rotatable bonds is 5. The number of fused-ring (bicyclic) bond motifs is 1. The van der Waals surface area contributed by atoms with E-state index in [1.54, 1.807) is 50.3 Å². The van der Waals surface area contributed by atoms with Crippen molar-refractivity contribution in [3.8, 4) is 11.5 Å². The number of aromatic nitrogens is 1. The first kappa shape index (κ1) is 24.3. The Kier molecular flexibility index (Phi) is 6.97. The normalized spacial score (nSPS) is 15.7. The summed E-state index contributed by atoms with van der Waals surface area (Å²) in [5.74, 6) is -0.267. The lowest BCUT2D eigenvalue weighted by Crippen LogP contribution is -2.39. The number of halogens is 2. The molecule has 0 bridgehead atoms. The summed E-state index contributed by atoms with van der Waals surface area (Å²) in [6, 6.07) is 9.40. The van der Waals surface area contributed by atoms with Crippen LogP contribution in [-0.2, 0) is 9.53 Å². The van der Waals surface area contributed by atoms with Crippen molar-refractivity contribution in [1.29, 1.82) is 0 Å². The van der Waals surface area contributed by atoms with Gasteiger partial charge >= 0.3 is 5.97 Å². The number of hydrogen-bond donors (Lipinski definition) is 1. The summed E-state index contributed by atoms with van der Waals surface area (Å²) in [7, 11) is 1.45. The van der Waals surface area contributed by atoms with Crippen molar-refractivity contribution in [2.24, 2.45) is 4.99 Å². The number of aromatic hydroxyl groups is 1. The molecule has 0 aliphatic carbocycles. The Morgan fingerprint density at radius 2 is 2.03 bits per heavy atom. The second-order valence-electron chi connectivity index (χ2n) is 7.40. The van der Waals surface area contributed by atoms with Crippen molar-refractivity contribution >= 4 is 50.9 Å². The third-order valence-corrected chi connectivity index (χ3v) is 7.21. The number of thiazole rings is 1. The summed E-state index contributed by atoms with van der Waals surface area (Å²) in [5, 5.41) is 10.5. The van der Waals surface area contributed by atoms with Crippen LogP contribution in [0, 0.1) is 0 Å². The number of nitrogens with zero attached hydrogens (tertiary/aromatic N) is 2. The summed E-state index contributed by atoms with van der Waals surface area (Å²) in [5.41, 5.74) is 1.83. The maximum Gasteiger partial charge on any atom is 0.338 e. The highest BCUT2D eigenvalue weighted by molar-refractivity contribution is 9.10. The lowest BCUT2D eigenvalue weighted by molar-refractivity contribution is -0.139. The molecular formula is C24H20BrClN2O5S. The van der Waals surface area contributed by atoms with Gasteiger partial charge in [-0.1, -0.05) is 51.0 Å². The van der Waals surface area contributed by atoms with Gasteiger partial charge in [0.2, 0.25) is 0 Å². The SMILES string of the molecule is CCOC(=O)C1=C(C)N=c2sc(=Cc3cc(OC)c(O)cc3Br)c(=O)n2C1c1ccc(Cl)cc1. The van der Waals surface area contributed by atoms with Gasteiger partial charge in [-0.05, 0) is 55.3 Å². The molecule has 0 fully saturated rings. The predicted octanol–water partition coefficient (Wildman–Crippen LogP) is 3.93. The minimum absolute atomic E-state index is 0.0228. The van der Waals surface area contributed by atoms with Gasteiger partial charge in [-0.15, -0.1) is 0 Å². The van der Waals surface area contributed by atoms with Crippen molar-refractivity contribution < 1.29 is 19.4 Å². The van der Waals surface area contributed by atoms with Gasteiger partial charge in [-0.3, -0.25) is 9.36 Å². The monoisotopic (exact) mass is 562 g/mol. The minimum atomic E-state index is -0.715. The number of allylic oxidation sites excluding steroid dienone is 1. The summed E-state index contributed by atoms with van der Waals surface area (Å²) in [6.45, 7) is 3.65. The number of methoxy groups -OCH3 is 1. The highest BCUT2D eigenvalue weighted by Gasteiger charge is 2.33. The standard InChI is InChI=1S/C24H20BrClN2O5S/c1-4-33-23(31)20-12(2)27-24-28(21(20)13-5-7-15(26)8-6-13)22(30)19(34-24)10-14-9-18(32-3)17(29)11-16(14)25/h5-11,21,29H,4H2,1-3H3. The molecule has 0 radical (unpaired) electrons. The number of benzene rings is 2. The first-order valence-corrected chi connectivity index (χ1v) is 12.3. The maximum absolute atomic E-state index is 13.6. The zero-order valence-corrected chi connectivity index (χ0v) is 21.6. The van der Waals surface area contributed by atoms with Gasteiger partial charge in [0.1, 0.15) is 0 Å². The Labute approximate surface area is 212 Å². The van der Waals surface area contributed by atoms with Gasteiger partial charge in [0.25, 0.3) is 5.56 Å². The van der Waals surface area contributed by atoms with E-state index in [4.69, 9.17) is 21.1 Å².